The van der Waals surface area contributed by atoms with E-state index in [4.69, 9.17) is 14.0 Å². The molecular weight excluding hydrogens is 416 g/mol. The predicted octanol–water partition coefficient (Wildman–Crippen LogP) is 4.36. The largest absolute Gasteiger partial charge is 0.486 e. The number of fused-ring (bicyclic) bond motifs is 1. The van der Waals surface area contributed by atoms with Gasteiger partial charge in [0.1, 0.15) is 13.2 Å². The van der Waals surface area contributed by atoms with Crippen LogP contribution in [0.15, 0.2) is 40.1 Å². The molecule has 8 nitrogen and oxygen atoms in total. The van der Waals surface area contributed by atoms with Crippen LogP contribution in [0.1, 0.15) is 33.4 Å². The van der Waals surface area contributed by atoms with E-state index in [9.17, 15) is 4.79 Å². The first-order chi connectivity index (χ1) is 14.8. The van der Waals surface area contributed by atoms with Crippen LogP contribution in [-0.4, -0.2) is 39.6 Å². The van der Waals surface area contributed by atoms with Crippen LogP contribution in [0.2, 0.25) is 0 Å². The van der Waals surface area contributed by atoms with E-state index in [0.29, 0.717) is 19.1 Å². The lowest BCUT2D eigenvalue weighted by Gasteiger charge is -2.19. The van der Waals surface area contributed by atoms with Crippen molar-refractivity contribution in [2.24, 2.45) is 0 Å². The molecule has 1 aliphatic rings. The van der Waals surface area contributed by atoms with Crippen molar-refractivity contribution < 1.29 is 18.8 Å². The fourth-order valence-corrected chi connectivity index (χ4v) is 4.05. The van der Waals surface area contributed by atoms with Crippen LogP contribution in [0.25, 0.3) is 11.3 Å². The molecule has 1 amide bonds. The molecule has 0 unspecified atom stereocenters. The van der Waals surface area contributed by atoms with Gasteiger partial charge in [-0.2, -0.15) is 0 Å². The van der Waals surface area contributed by atoms with Gasteiger partial charge in [0, 0.05) is 23.6 Å². The van der Waals surface area contributed by atoms with Crippen molar-refractivity contribution in [2.45, 2.75) is 44.8 Å². The van der Waals surface area contributed by atoms with Gasteiger partial charge in [-0.25, -0.2) is 4.98 Å². The number of aromatic nitrogens is 3. The molecule has 1 aromatic carbocycles. The highest BCUT2D eigenvalue weighted by molar-refractivity contribution is 7.99. The second-order valence-electron chi connectivity index (χ2n) is 8.19. The van der Waals surface area contributed by atoms with Gasteiger partial charge in [-0.05, 0) is 25.1 Å². The highest BCUT2D eigenvalue weighted by Gasteiger charge is 2.20. The number of imidazole rings is 1. The number of ether oxygens (including phenoxy) is 2. The summed E-state index contributed by atoms with van der Waals surface area (Å²) in [6, 6.07) is 7.64. The molecule has 0 saturated carbocycles. The van der Waals surface area contributed by atoms with Gasteiger partial charge >= 0.3 is 0 Å². The zero-order valence-electron chi connectivity index (χ0n) is 18.1. The van der Waals surface area contributed by atoms with Crippen LogP contribution < -0.4 is 14.8 Å². The molecule has 0 atom stereocenters. The lowest BCUT2D eigenvalue weighted by atomic mass is 9.92. The number of rotatable bonds is 6. The SMILES string of the molecule is CCn1c(-c2ccc3c(c2)OCCO3)cnc1SCC(=O)Nc1cc(C(C)(C)C)no1. The summed E-state index contributed by atoms with van der Waals surface area (Å²) in [6.45, 7) is 10.00. The second kappa shape index (κ2) is 8.66. The fraction of sp³-hybridized carbons (Fsp3) is 0.409. The predicted molar refractivity (Wildman–Crippen MR) is 119 cm³/mol. The Morgan fingerprint density at radius 2 is 1.97 bits per heavy atom. The maximum atomic E-state index is 12.4. The molecule has 164 valence electrons. The van der Waals surface area contributed by atoms with Crippen LogP contribution >= 0.6 is 11.8 Å². The summed E-state index contributed by atoms with van der Waals surface area (Å²) >= 11 is 1.38. The number of nitrogens with one attached hydrogen (secondary N) is 1. The molecule has 0 spiro atoms. The van der Waals surface area contributed by atoms with E-state index in [-0.39, 0.29) is 17.1 Å². The number of hydrogen-bond acceptors (Lipinski definition) is 7. The molecular formula is C22H26N4O4S. The normalized spacial score (nSPS) is 13.3. The van der Waals surface area contributed by atoms with Crippen LogP contribution in [0.4, 0.5) is 5.88 Å². The maximum Gasteiger partial charge on any atom is 0.237 e. The highest BCUT2D eigenvalue weighted by atomic mass is 32.2. The first-order valence-corrected chi connectivity index (χ1v) is 11.2. The molecule has 1 N–H and O–H groups in total. The van der Waals surface area contributed by atoms with Gasteiger partial charge in [0.25, 0.3) is 0 Å². The number of thioether (sulfide) groups is 1. The van der Waals surface area contributed by atoms with Gasteiger partial charge in [0.05, 0.1) is 23.3 Å². The van der Waals surface area contributed by atoms with E-state index in [1.54, 1.807) is 6.07 Å². The van der Waals surface area contributed by atoms with Crippen molar-refractivity contribution in [1.82, 2.24) is 14.7 Å². The van der Waals surface area contributed by atoms with Crippen molar-refractivity contribution in [3.05, 3.63) is 36.2 Å². The summed E-state index contributed by atoms with van der Waals surface area (Å²) in [5.74, 6) is 1.89. The van der Waals surface area contributed by atoms with E-state index in [2.05, 4.69) is 26.9 Å². The Balaban J connectivity index is 1.43. The maximum absolute atomic E-state index is 12.4. The number of benzene rings is 1. The molecule has 31 heavy (non-hydrogen) atoms. The Bertz CT molecular complexity index is 1080. The minimum atomic E-state index is -0.173. The summed E-state index contributed by atoms with van der Waals surface area (Å²) in [5.41, 5.74) is 2.61. The Morgan fingerprint density at radius 1 is 1.19 bits per heavy atom. The molecule has 0 aliphatic carbocycles. The minimum absolute atomic E-state index is 0.142. The average molecular weight is 443 g/mol. The summed E-state index contributed by atoms with van der Waals surface area (Å²) in [6.07, 6.45) is 1.82. The average Bonchev–Trinajstić information content (AvgIpc) is 3.38. The van der Waals surface area contributed by atoms with Crippen molar-refractivity contribution >= 4 is 23.6 Å². The zero-order chi connectivity index (χ0) is 22.0. The Hall–Kier alpha value is -2.94. The van der Waals surface area contributed by atoms with Gasteiger partial charge in [-0.15, -0.1) is 0 Å². The quantitative estimate of drug-likeness (QED) is 0.567. The van der Waals surface area contributed by atoms with Gasteiger partial charge in [0.2, 0.25) is 11.8 Å². The number of amides is 1. The molecule has 3 aromatic rings. The van der Waals surface area contributed by atoms with Gasteiger partial charge in [-0.3, -0.25) is 10.1 Å². The summed E-state index contributed by atoms with van der Waals surface area (Å²) in [5, 5.41) is 7.55. The fourth-order valence-electron chi connectivity index (χ4n) is 3.20. The lowest BCUT2D eigenvalue weighted by Crippen LogP contribution is -2.15. The van der Waals surface area contributed by atoms with E-state index in [1.165, 1.54) is 11.8 Å². The van der Waals surface area contributed by atoms with Gasteiger partial charge in [-0.1, -0.05) is 37.7 Å². The minimum Gasteiger partial charge on any atom is -0.486 e. The lowest BCUT2D eigenvalue weighted by molar-refractivity contribution is -0.113. The first-order valence-electron chi connectivity index (χ1n) is 10.2. The van der Waals surface area contributed by atoms with Gasteiger partial charge in [0.15, 0.2) is 16.7 Å². The van der Waals surface area contributed by atoms with Crippen molar-refractivity contribution in [3.63, 3.8) is 0 Å². The van der Waals surface area contributed by atoms with E-state index >= 15 is 0 Å². The van der Waals surface area contributed by atoms with Gasteiger partial charge < -0.3 is 18.6 Å². The Kier molecular flexibility index (Phi) is 5.95. The third kappa shape index (κ3) is 4.71. The third-order valence-corrected chi connectivity index (χ3v) is 5.84. The van der Waals surface area contributed by atoms with E-state index in [0.717, 1.165) is 40.2 Å². The van der Waals surface area contributed by atoms with Crippen LogP contribution in [-0.2, 0) is 16.8 Å². The Labute approximate surface area is 185 Å². The zero-order valence-corrected chi connectivity index (χ0v) is 18.9. The molecule has 0 bridgehead atoms. The number of hydrogen-bond donors (Lipinski definition) is 1. The molecule has 2 aromatic heterocycles. The van der Waals surface area contributed by atoms with E-state index < -0.39 is 0 Å². The number of anilines is 1. The highest BCUT2D eigenvalue weighted by Crippen LogP contribution is 2.35. The Morgan fingerprint density at radius 3 is 2.68 bits per heavy atom. The molecule has 4 rings (SSSR count). The van der Waals surface area contributed by atoms with Crippen molar-refractivity contribution in [3.8, 4) is 22.8 Å². The van der Waals surface area contributed by atoms with Crippen LogP contribution in [0.3, 0.4) is 0 Å². The number of carbonyl (C=O) groups excluding carboxylic acids is 1. The first kappa shape index (κ1) is 21.3. The van der Waals surface area contributed by atoms with Crippen LogP contribution in [0.5, 0.6) is 11.5 Å². The molecule has 9 heteroatoms. The standard InChI is InChI=1S/C22H26N4O4S/c1-5-26-15(14-6-7-16-17(10-14)29-9-8-28-16)12-23-21(26)31-13-19(27)24-20-11-18(25-30-20)22(2,3)4/h6-7,10-12H,5,8-9,13H2,1-4H3,(H,24,27). The van der Waals surface area contributed by atoms with Crippen molar-refractivity contribution in [1.29, 1.82) is 0 Å². The van der Waals surface area contributed by atoms with E-state index in [1.807, 2.05) is 45.2 Å². The molecule has 0 saturated heterocycles. The summed E-state index contributed by atoms with van der Waals surface area (Å²) < 4.78 is 18.6. The monoisotopic (exact) mass is 442 g/mol. The van der Waals surface area contributed by atoms with Crippen LogP contribution in [0, 0.1) is 0 Å². The molecule has 3 heterocycles. The number of nitrogens with zero attached hydrogens (tertiary/aromatic N) is 3. The van der Waals surface area contributed by atoms with Crippen molar-refractivity contribution in [2.75, 3.05) is 24.3 Å². The molecule has 0 radical (unpaired) electrons. The topological polar surface area (TPSA) is 91.4 Å². The molecule has 0 fully saturated rings. The smallest absolute Gasteiger partial charge is 0.237 e. The summed E-state index contributed by atoms with van der Waals surface area (Å²) in [4.78, 5) is 16.9. The molecule has 1 aliphatic heterocycles. The summed E-state index contributed by atoms with van der Waals surface area (Å²) in [7, 11) is 0. The third-order valence-electron chi connectivity index (χ3n) is 4.85. The number of carbonyl (C=O) groups is 1. The second-order valence-corrected chi connectivity index (χ2v) is 9.13.